The van der Waals surface area contributed by atoms with Gasteiger partial charge in [-0.2, -0.15) is 0 Å². The van der Waals surface area contributed by atoms with Gasteiger partial charge in [0.2, 0.25) is 0 Å². The molecule has 3 nitrogen and oxygen atoms in total. The first-order valence-corrected chi connectivity index (χ1v) is 8.06. The molecule has 2 rings (SSSR count). The Morgan fingerprint density at radius 1 is 1.00 bits per heavy atom. The number of rotatable bonds is 7. The van der Waals surface area contributed by atoms with Crippen LogP contribution in [0.25, 0.3) is 0 Å². The second-order valence-electron chi connectivity index (χ2n) is 5.66. The molecule has 1 aliphatic heterocycles. The van der Waals surface area contributed by atoms with Crippen LogP contribution in [0.2, 0.25) is 0 Å². The van der Waals surface area contributed by atoms with Gasteiger partial charge in [-0.1, -0.05) is 44.2 Å². The molecule has 0 amide bonds. The van der Waals surface area contributed by atoms with Gasteiger partial charge < -0.3 is 10.2 Å². The van der Waals surface area contributed by atoms with Crippen molar-refractivity contribution in [3.63, 3.8) is 0 Å². The van der Waals surface area contributed by atoms with Gasteiger partial charge in [-0.15, -0.1) is 0 Å². The normalized spacial score (nSPS) is 19.1. The van der Waals surface area contributed by atoms with Crippen LogP contribution in [0.5, 0.6) is 0 Å². The average Bonchev–Trinajstić information content (AvgIpc) is 2.50. The van der Waals surface area contributed by atoms with Gasteiger partial charge in [-0.25, -0.2) is 0 Å². The van der Waals surface area contributed by atoms with Gasteiger partial charge in [-0.05, 0) is 25.1 Å². The van der Waals surface area contributed by atoms with E-state index in [2.05, 4.69) is 59.3 Å². The van der Waals surface area contributed by atoms with Gasteiger partial charge in [0.25, 0.3) is 0 Å². The van der Waals surface area contributed by atoms with Gasteiger partial charge in [0.1, 0.15) is 0 Å². The molecule has 0 bridgehead atoms. The number of benzene rings is 1. The van der Waals surface area contributed by atoms with E-state index >= 15 is 0 Å². The van der Waals surface area contributed by atoms with Gasteiger partial charge in [-0.3, -0.25) is 4.90 Å². The molecule has 1 heterocycles. The zero-order chi connectivity index (χ0) is 14.2. The Labute approximate surface area is 124 Å². The van der Waals surface area contributed by atoms with E-state index < -0.39 is 0 Å². The first-order chi connectivity index (χ1) is 9.83. The maximum atomic E-state index is 3.63. The molecule has 1 aliphatic rings. The van der Waals surface area contributed by atoms with Crippen molar-refractivity contribution in [1.82, 2.24) is 15.1 Å². The topological polar surface area (TPSA) is 18.5 Å². The van der Waals surface area contributed by atoms with Crippen LogP contribution in [0.15, 0.2) is 30.3 Å². The van der Waals surface area contributed by atoms with E-state index in [4.69, 9.17) is 0 Å². The lowest BCUT2D eigenvalue weighted by Crippen LogP contribution is -2.48. The van der Waals surface area contributed by atoms with Crippen molar-refractivity contribution in [3.8, 4) is 0 Å². The van der Waals surface area contributed by atoms with E-state index in [0.717, 1.165) is 13.1 Å². The maximum Gasteiger partial charge on any atom is 0.0449 e. The summed E-state index contributed by atoms with van der Waals surface area (Å²) in [5, 5.41) is 3.63. The lowest BCUT2D eigenvalue weighted by molar-refractivity contribution is 0.123. The zero-order valence-corrected chi connectivity index (χ0v) is 13.0. The van der Waals surface area contributed by atoms with E-state index in [1.54, 1.807) is 0 Å². The highest BCUT2D eigenvalue weighted by Crippen LogP contribution is 2.15. The number of likely N-dealkylation sites (N-methyl/N-ethyl adjacent to an activating group) is 1. The van der Waals surface area contributed by atoms with Gasteiger partial charge >= 0.3 is 0 Å². The van der Waals surface area contributed by atoms with Crippen molar-refractivity contribution in [1.29, 1.82) is 0 Å². The van der Waals surface area contributed by atoms with Crippen LogP contribution in [0, 0.1) is 0 Å². The highest BCUT2D eigenvalue weighted by Gasteiger charge is 2.20. The average molecular weight is 275 g/mol. The van der Waals surface area contributed by atoms with Crippen molar-refractivity contribution >= 4 is 0 Å². The summed E-state index contributed by atoms with van der Waals surface area (Å²) in [5.41, 5.74) is 1.41. The molecule has 20 heavy (non-hydrogen) atoms. The minimum atomic E-state index is 0.457. The van der Waals surface area contributed by atoms with Crippen LogP contribution in [0.3, 0.4) is 0 Å². The Hall–Kier alpha value is -0.900. The third-order valence-corrected chi connectivity index (χ3v) is 4.10. The molecule has 0 aliphatic carbocycles. The van der Waals surface area contributed by atoms with Crippen LogP contribution in [-0.2, 0) is 0 Å². The minimum Gasteiger partial charge on any atom is -0.309 e. The van der Waals surface area contributed by atoms with E-state index in [-0.39, 0.29) is 0 Å². The summed E-state index contributed by atoms with van der Waals surface area (Å²) in [6.45, 7) is 12.7. The van der Waals surface area contributed by atoms with Crippen LogP contribution >= 0.6 is 0 Å². The summed E-state index contributed by atoms with van der Waals surface area (Å²) in [5.74, 6) is 0. The van der Waals surface area contributed by atoms with Gasteiger partial charge in [0.15, 0.2) is 0 Å². The monoisotopic (exact) mass is 275 g/mol. The van der Waals surface area contributed by atoms with Crippen molar-refractivity contribution in [3.05, 3.63) is 35.9 Å². The molecule has 0 radical (unpaired) electrons. The predicted molar refractivity (Wildman–Crippen MR) is 86.0 cm³/mol. The number of hydrogen-bond donors (Lipinski definition) is 1. The summed E-state index contributed by atoms with van der Waals surface area (Å²) in [7, 11) is 0. The van der Waals surface area contributed by atoms with Crippen molar-refractivity contribution < 1.29 is 0 Å². The zero-order valence-electron chi connectivity index (χ0n) is 13.0. The van der Waals surface area contributed by atoms with Crippen LogP contribution in [0.1, 0.15) is 31.9 Å². The van der Waals surface area contributed by atoms with E-state index in [1.165, 1.54) is 44.7 Å². The van der Waals surface area contributed by atoms with Crippen LogP contribution < -0.4 is 5.32 Å². The summed E-state index contributed by atoms with van der Waals surface area (Å²) in [6.07, 6.45) is 1.27. The summed E-state index contributed by atoms with van der Waals surface area (Å²) in [6, 6.07) is 11.3. The van der Waals surface area contributed by atoms with E-state index in [9.17, 15) is 0 Å². The molecule has 1 unspecified atom stereocenters. The van der Waals surface area contributed by atoms with E-state index in [1.807, 2.05) is 0 Å². The smallest absolute Gasteiger partial charge is 0.0449 e. The Morgan fingerprint density at radius 2 is 1.65 bits per heavy atom. The highest BCUT2D eigenvalue weighted by atomic mass is 15.3. The third-order valence-electron chi connectivity index (χ3n) is 4.10. The Kier molecular flexibility index (Phi) is 6.51. The molecule has 1 fully saturated rings. The molecule has 112 valence electrons. The molecule has 3 heteroatoms. The molecule has 1 N–H and O–H groups in total. The number of nitrogens with one attached hydrogen (secondary N) is 1. The predicted octanol–water partition coefficient (Wildman–Crippen LogP) is 2.36. The van der Waals surface area contributed by atoms with Gasteiger partial charge in [0, 0.05) is 38.8 Å². The fraction of sp³-hybridized carbons (Fsp3) is 0.647. The molecule has 1 atom stereocenters. The fourth-order valence-electron chi connectivity index (χ4n) is 2.99. The summed E-state index contributed by atoms with van der Waals surface area (Å²) < 4.78 is 0. The second-order valence-corrected chi connectivity index (χ2v) is 5.66. The van der Waals surface area contributed by atoms with Crippen molar-refractivity contribution in [2.24, 2.45) is 0 Å². The molecule has 1 saturated heterocycles. The van der Waals surface area contributed by atoms with Gasteiger partial charge in [0.05, 0.1) is 0 Å². The molecule has 0 saturated carbocycles. The molecule has 1 aromatic carbocycles. The third kappa shape index (κ3) is 4.58. The summed E-state index contributed by atoms with van der Waals surface area (Å²) >= 11 is 0. The van der Waals surface area contributed by atoms with Crippen LogP contribution in [-0.4, -0.2) is 55.6 Å². The molecular formula is C17H29N3. The Bertz CT molecular complexity index is 358. The molecular weight excluding hydrogens is 246 g/mol. The van der Waals surface area contributed by atoms with Crippen LogP contribution in [0.4, 0.5) is 0 Å². The lowest BCUT2D eigenvalue weighted by Gasteiger charge is -2.36. The number of nitrogens with zero attached hydrogens (tertiary/aromatic N) is 2. The Morgan fingerprint density at radius 3 is 2.25 bits per heavy atom. The Balaban J connectivity index is 1.87. The number of piperazine rings is 1. The summed E-state index contributed by atoms with van der Waals surface area (Å²) in [4.78, 5) is 5.19. The van der Waals surface area contributed by atoms with E-state index in [0.29, 0.717) is 6.04 Å². The minimum absolute atomic E-state index is 0.457. The maximum absolute atomic E-state index is 3.63. The standard InChI is InChI=1S/C17H29N3/c1-3-10-19-11-13-20(14-12-19)15-17(18-4-2)16-8-6-5-7-9-16/h5-9,17-18H,3-4,10-15H2,1-2H3. The number of hydrogen-bond acceptors (Lipinski definition) is 3. The molecule has 0 spiro atoms. The highest BCUT2D eigenvalue weighted by molar-refractivity contribution is 5.19. The largest absolute Gasteiger partial charge is 0.309 e. The molecule has 0 aromatic heterocycles. The molecule has 1 aromatic rings. The quantitative estimate of drug-likeness (QED) is 0.824. The van der Waals surface area contributed by atoms with Crippen molar-refractivity contribution in [2.75, 3.05) is 45.8 Å². The van der Waals surface area contributed by atoms with Crippen molar-refractivity contribution in [2.45, 2.75) is 26.3 Å². The SMILES string of the molecule is CCCN1CCN(CC(NCC)c2ccccc2)CC1. The lowest BCUT2D eigenvalue weighted by atomic mass is 10.1. The first-order valence-electron chi connectivity index (χ1n) is 8.06. The fourth-order valence-corrected chi connectivity index (χ4v) is 2.99. The first kappa shape index (κ1) is 15.5. The second kappa shape index (κ2) is 8.40.